The smallest absolute Gasteiger partial charge is 0.298 e. The summed E-state index contributed by atoms with van der Waals surface area (Å²) in [6.45, 7) is -0.114. The zero-order valence-corrected chi connectivity index (χ0v) is 13.0. The molecule has 0 aliphatic carbocycles. The van der Waals surface area contributed by atoms with Crippen molar-refractivity contribution in [1.82, 2.24) is 4.31 Å². The molecule has 1 aliphatic rings. The van der Waals surface area contributed by atoms with E-state index in [0.717, 1.165) is 22.5 Å². The fraction of sp³-hybridized carbons (Fsp3) is 0.417. The molecular formula is C12H11BrF3NO3S. The average Bonchev–Trinajstić information content (AvgIpc) is 2.41. The number of halogens is 4. The number of piperidine rings is 1. The predicted molar refractivity (Wildman–Crippen MR) is 72.5 cm³/mol. The van der Waals surface area contributed by atoms with Gasteiger partial charge in [-0.3, -0.25) is 4.79 Å². The number of rotatable bonds is 2. The van der Waals surface area contributed by atoms with Crippen LogP contribution in [0.3, 0.4) is 0 Å². The number of benzene rings is 1. The van der Waals surface area contributed by atoms with E-state index in [2.05, 4.69) is 15.9 Å². The summed E-state index contributed by atoms with van der Waals surface area (Å²) in [5.41, 5.74) is -1.02. The maximum atomic E-state index is 12.7. The van der Waals surface area contributed by atoms with Crippen LogP contribution in [0.5, 0.6) is 0 Å². The lowest BCUT2D eigenvalue weighted by Gasteiger charge is -2.28. The van der Waals surface area contributed by atoms with E-state index in [0.29, 0.717) is 6.07 Å². The maximum absolute atomic E-state index is 12.7. The zero-order chi connectivity index (χ0) is 15.8. The van der Waals surface area contributed by atoms with Crippen molar-refractivity contribution in [1.29, 1.82) is 0 Å². The lowest BCUT2D eigenvalue weighted by atomic mass is 10.1. The van der Waals surface area contributed by atoms with Crippen LogP contribution >= 0.6 is 15.9 Å². The molecule has 1 aromatic rings. The van der Waals surface area contributed by atoms with Gasteiger partial charge in [0.1, 0.15) is 5.78 Å². The van der Waals surface area contributed by atoms with Crippen molar-refractivity contribution in [2.45, 2.75) is 22.3 Å². The summed E-state index contributed by atoms with van der Waals surface area (Å²) in [6, 6.07) is 3.59. The molecule has 2 rings (SSSR count). The normalized spacial score (nSPS) is 21.5. The maximum Gasteiger partial charge on any atom is 0.416 e. The molecule has 116 valence electrons. The summed E-state index contributed by atoms with van der Waals surface area (Å²) < 4.78 is 63.7. The van der Waals surface area contributed by atoms with Crippen LogP contribution < -0.4 is 0 Å². The molecule has 1 fully saturated rings. The molecule has 1 aliphatic heterocycles. The summed E-state index contributed by atoms with van der Waals surface area (Å²) in [7, 11) is -4.05. The fourth-order valence-electron chi connectivity index (χ4n) is 1.96. The third kappa shape index (κ3) is 3.46. The predicted octanol–water partition coefficient (Wildman–Crippen LogP) is 2.43. The van der Waals surface area contributed by atoms with Gasteiger partial charge in [0.15, 0.2) is 0 Å². The Hall–Kier alpha value is -0.930. The van der Waals surface area contributed by atoms with Crippen molar-refractivity contribution in [3.63, 3.8) is 0 Å². The first kappa shape index (κ1) is 16.4. The molecule has 0 bridgehead atoms. The van der Waals surface area contributed by atoms with E-state index in [9.17, 15) is 26.4 Å². The Morgan fingerprint density at radius 2 is 1.95 bits per heavy atom. The molecule has 0 N–H and O–H groups in total. The summed E-state index contributed by atoms with van der Waals surface area (Å²) in [6.07, 6.45) is -4.57. The minimum atomic E-state index is -4.61. The second-order valence-corrected chi connectivity index (χ2v) is 7.62. The molecule has 1 saturated heterocycles. The summed E-state index contributed by atoms with van der Waals surface area (Å²) >= 11 is 3.07. The highest BCUT2D eigenvalue weighted by Gasteiger charge is 2.35. The largest absolute Gasteiger partial charge is 0.416 e. The number of hydrogen-bond donors (Lipinski definition) is 0. The van der Waals surface area contributed by atoms with Crippen LogP contribution in [0.2, 0.25) is 0 Å². The van der Waals surface area contributed by atoms with Crippen molar-refractivity contribution in [2.24, 2.45) is 0 Å². The van der Waals surface area contributed by atoms with Crippen LogP contribution in [0.25, 0.3) is 0 Å². The van der Waals surface area contributed by atoms with Gasteiger partial charge in [-0.05, 0) is 18.2 Å². The molecule has 0 radical (unpaired) electrons. The van der Waals surface area contributed by atoms with Gasteiger partial charge in [-0.2, -0.15) is 17.5 Å². The lowest BCUT2D eigenvalue weighted by Crippen LogP contribution is -2.44. The minimum absolute atomic E-state index is 0.0283. The van der Waals surface area contributed by atoms with Gasteiger partial charge in [0, 0.05) is 19.5 Å². The summed E-state index contributed by atoms with van der Waals surface area (Å²) in [4.78, 5) is 10.3. The van der Waals surface area contributed by atoms with Gasteiger partial charge in [0.2, 0.25) is 10.0 Å². The van der Waals surface area contributed by atoms with Crippen molar-refractivity contribution >= 4 is 31.7 Å². The molecule has 0 spiro atoms. The molecule has 1 atom stereocenters. The van der Waals surface area contributed by atoms with Gasteiger partial charge in [-0.1, -0.05) is 22.0 Å². The molecule has 1 heterocycles. The number of ketones is 1. The Morgan fingerprint density at radius 1 is 1.29 bits per heavy atom. The first-order valence-electron chi connectivity index (χ1n) is 5.96. The summed E-state index contributed by atoms with van der Waals surface area (Å²) in [5, 5.41) is 0. The van der Waals surface area contributed by atoms with E-state index in [1.165, 1.54) is 0 Å². The quantitative estimate of drug-likeness (QED) is 0.734. The Labute approximate surface area is 128 Å². The molecule has 9 heteroatoms. The molecule has 1 aromatic carbocycles. The van der Waals surface area contributed by atoms with Gasteiger partial charge < -0.3 is 0 Å². The molecule has 0 saturated carbocycles. The average molecular weight is 386 g/mol. The van der Waals surface area contributed by atoms with Crippen molar-refractivity contribution in [3.05, 3.63) is 29.8 Å². The lowest BCUT2D eigenvalue weighted by molar-refractivity contribution is -0.137. The standard InChI is InChI=1S/C12H11BrF3NO3S/c13-10-7-17(5-4-11(10)18)21(19,20)9-3-1-2-8(6-9)12(14,15)16/h1-3,6,10H,4-5,7H2. The van der Waals surface area contributed by atoms with Crippen molar-refractivity contribution in [3.8, 4) is 0 Å². The van der Waals surface area contributed by atoms with Crippen LogP contribution in [0.1, 0.15) is 12.0 Å². The third-order valence-corrected chi connectivity index (χ3v) is 5.78. The van der Waals surface area contributed by atoms with E-state index >= 15 is 0 Å². The summed E-state index contributed by atoms with van der Waals surface area (Å²) in [5.74, 6) is -0.120. The molecule has 1 unspecified atom stereocenters. The van der Waals surface area contributed by atoms with E-state index < -0.39 is 31.5 Å². The van der Waals surface area contributed by atoms with Crippen LogP contribution in [0, 0.1) is 0 Å². The minimum Gasteiger partial charge on any atom is -0.298 e. The number of carbonyl (C=O) groups excluding carboxylic acids is 1. The van der Waals surface area contributed by atoms with E-state index in [-0.39, 0.29) is 25.3 Å². The molecule has 4 nitrogen and oxygen atoms in total. The molecule has 0 amide bonds. The second kappa shape index (κ2) is 5.69. The SMILES string of the molecule is O=C1CCN(S(=O)(=O)c2cccc(C(F)(F)F)c2)CC1Br. The van der Waals surface area contributed by atoms with Gasteiger partial charge in [0.05, 0.1) is 15.3 Å². The van der Waals surface area contributed by atoms with Crippen LogP contribution in [-0.2, 0) is 21.0 Å². The molecule has 21 heavy (non-hydrogen) atoms. The number of alkyl halides is 4. The van der Waals surface area contributed by atoms with Gasteiger partial charge in [0.25, 0.3) is 0 Å². The Balaban J connectivity index is 2.34. The first-order chi connectivity index (χ1) is 9.62. The Morgan fingerprint density at radius 3 is 2.52 bits per heavy atom. The number of Topliss-reactive ketones (excluding diaryl/α,β-unsaturated/α-hetero) is 1. The Kier molecular flexibility index (Phi) is 4.46. The van der Waals surface area contributed by atoms with Gasteiger partial charge in [-0.25, -0.2) is 8.42 Å². The van der Waals surface area contributed by atoms with E-state index in [4.69, 9.17) is 0 Å². The third-order valence-electron chi connectivity index (χ3n) is 3.12. The van der Waals surface area contributed by atoms with E-state index in [1.54, 1.807) is 0 Å². The van der Waals surface area contributed by atoms with Crippen LogP contribution in [0.15, 0.2) is 29.2 Å². The van der Waals surface area contributed by atoms with E-state index in [1.807, 2.05) is 0 Å². The fourth-order valence-corrected chi connectivity index (χ4v) is 4.24. The Bertz CT molecular complexity index is 660. The topological polar surface area (TPSA) is 54.5 Å². The van der Waals surface area contributed by atoms with Crippen molar-refractivity contribution < 1.29 is 26.4 Å². The highest BCUT2D eigenvalue weighted by Crippen LogP contribution is 2.31. The second-order valence-electron chi connectivity index (χ2n) is 4.57. The van der Waals surface area contributed by atoms with Gasteiger partial charge in [-0.15, -0.1) is 0 Å². The number of hydrogen-bond acceptors (Lipinski definition) is 3. The van der Waals surface area contributed by atoms with Crippen molar-refractivity contribution in [2.75, 3.05) is 13.1 Å². The molecule has 0 aromatic heterocycles. The molecular weight excluding hydrogens is 375 g/mol. The monoisotopic (exact) mass is 385 g/mol. The van der Waals surface area contributed by atoms with Gasteiger partial charge >= 0.3 is 6.18 Å². The van der Waals surface area contributed by atoms with Crippen LogP contribution in [-0.4, -0.2) is 36.4 Å². The van der Waals surface area contributed by atoms with Crippen LogP contribution in [0.4, 0.5) is 13.2 Å². The number of sulfonamides is 1. The highest BCUT2D eigenvalue weighted by atomic mass is 79.9. The highest BCUT2D eigenvalue weighted by molar-refractivity contribution is 9.10. The first-order valence-corrected chi connectivity index (χ1v) is 8.32. The zero-order valence-electron chi connectivity index (χ0n) is 10.6. The number of nitrogens with zero attached hydrogens (tertiary/aromatic N) is 1. The number of carbonyl (C=O) groups is 1.